The molecule has 23 heavy (non-hydrogen) atoms. The van der Waals surface area contributed by atoms with Gasteiger partial charge < -0.3 is 10.2 Å². The maximum absolute atomic E-state index is 12.4. The number of hydrogen-bond donors (Lipinski definition) is 1. The third-order valence-corrected chi connectivity index (χ3v) is 5.62. The van der Waals surface area contributed by atoms with E-state index in [1.54, 1.807) is 6.92 Å². The molecule has 1 unspecified atom stereocenters. The first-order chi connectivity index (χ1) is 10.7. The highest BCUT2D eigenvalue weighted by atomic mass is 32.2. The van der Waals surface area contributed by atoms with Crippen LogP contribution in [-0.4, -0.2) is 52.1 Å². The van der Waals surface area contributed by atoms with Crippen molar-refractivity contribution in [1.82, 2.24) is 15.1 Å². The van der Waals surface area contributed by atoms with Gasteiger partial charge >= 0.3 is 6.18 Å². The lowest BCUT2D eigenvalue weighted by Gasteiger charge is -2.31. The Bertz CT molecular complexity index is 530. The molecular weight excluding hydrogens is 349 g/mol. The number of halogens is 3. The lowest BCUT2D eigenvalue weighted by Crippen LogP contribution is -2.41. The Morgan fingerprint density at radius 2 is 2.09 bits per heavy atom. The Morgan fingerprint density at radius 3 is 2.70 bits per heavy atom. The van der Waals surface area contributed by atoms with Crippen molar-refractivity contribution in [3.05, 3.63) is 0 Å². The third kappa shape index (κ3) is 5.83. The van der Waals surface area contributed by atoms with Gasteiger partial charge in [0.2, 0.25) is 11.0 Å². The van der Waals surface area contributed by atoms with Gasteiger partial charge in [0.15, 0.2) is 4.34 Å². The number of thioether (sulfide) groups is 1. The van der Waals surface area contributed by atoms with Crippen molar-refractivity contribution in [3.8, 4) is 0 Å². The second-order valence-electron chi connectivity index (χ2n) is 5.61. The number of anilines is 1. The Balaban J connectivity index is 1.84. The van der Waals surface area contributed by atoms with Crippen LogP contribution in [0, 0.1) is 5.92 Å². The number of hydrogen-bond acceptors (Lipinski definition) is 6. The maximum Gasteiger partial charge on any atom is 0.405 e. The molecular formula is C13H19F3N4OS2. The molecule has 1 aromatic rings. The summed E-state index contributed by atoms with van der Waals surface area (Å²) in [6, 6.07) is 0. The van der Waals surface area contributed by atoms with Crippen molar-refractivity contribution < 1.29 is 18.0 Å². The molecule has 1 saturated heterocycles. The van der Waals surface area contributed by atoms with Crippen molar-refractivity contribution in [3.63, 3.8) is 0 Å². The zero-order valence-electron chi connectivity index (χ0n) is 12.9. The van der Waals surface area contributed by atoms with Crippen LogP contribution in [0.15, 0.2) is 4.34 Å². The van der Waals surface area contributed by atoms with E-state index < -0.39 is 12.7 Å². The fourth-order valence-electron chi connectivity index (χ4n) is 2.19. The van der Waals surface area contributed by atoms with Gasteiger partial charge in [0.25, 0.3) is 0 Å². The summed E-state index contributed by atoms with van der Waals surface area (Å²) in [7, 11) is 0. The van der Waals surface area contributed by atoms with Crippen molar-refractivity contribution in [1.29, 1.82) is 0 Å². The van der Waals surface area contributed by atoms with E-state index in [4.69, 9.17) is 0 Å². The molecule has 1 fully saturated rings. The van der Waals surface area contributed by atoms with Gasteiger partial charge in [-0.25, -0.2) is 0 Å². The third-order valence-electron chi connectivity index (χ3n) is 3.57. The van der Waals surface area contributed by atoms with Crippen LogP contribution < -0.4 is 5.32 Å². The van der Waals surface area contributed by atoms with Gasteiger partial charge in [0, 0.05) is 13.1 Å². The second-order valence-corrected chi connectivity index (χ2v) is 8.18. The van der Waals surface area contributed by atoms with E-state index in [9.17, 15) is 18.0 Å². The molecule has 0 spiro atoms. The Morgan fingerprint density at radius 1 is 1.43 bits per heavy atom. The number of aromatic nitrogens is 2. The van der Waals surface area contributed by atoms with Gasteiger partial charge in [-0.2, -0.15) is 13.2 Å². The number of likely N-dealkylation sites (tertiary alicyclic amines) is 1. The number of nitrogens with one attached hydrogen (secondary N) is 1. The molecule has 1 atom stereocenters. The van der Waals surface area contributed by atoms with Crippen LogP contribution >= 0.6 is 23.1 Å². The smallest absolute Gasteiger partial charge is 0.351 e. The van der Waals surface area contributed by atoms with Crippen LogP contribution in [0.25, 0.3) is 0 Å². The largest absolute Gasteiger partial charge is 0.405 e. The summed E-state index contributed by atoms with van der Waals surface area (Å²) in [5.74, 6) is 0.689. The van der Waals surface area contributed by atoms with Crippen LogP contribution in [0.4, 0.5) is 18.3 Å². The van der Waals surface area contributed by atoms with Gasteiger partial charge in [-0.15, -0.1) is 10.2 Å². The number of piperidine rings is 1. The fourth-order valence-corrected chi connectivity index (χ4v) is 4.17. The normalized spacial score (nSPS) is 18.0. The molecule has 10 heteroatoms. The van der Waals surface area contributed by atoms with Crippen LogP contribution in [0.1, 0.15) is 26.7 Å². The molecule has 1 aliphatic heterocycles. The molecule has 5 nitrogen and oxygen atoms in total. The van der Waals surface area contributed by atoms with Gasteiger partial charge in [-0.1, -0.05) is 30.0 Å². The zero-order chi connectivity index (χ0) is 17.0. The molecule has 1 aromatic heterocycles. The summed E-state index contributed by atoms with van der Waals surface area (Å²) in [6.45, 7) is 4.34. The molecule has 0 aromatic carbocycles. The molecule has 2 heterocycles. The fraction of sp³-hybridized carbons (Fsp3) is 0.769. The van der Waals surface area contributed by atoms with Gasteiger partial charge in [-0.3, -0.25) is 4.79 Å². The standard InChI is InChI=1S/C13H19F3N4OS2/c1-8-3-5-20(6-4-8)10(21)9(2)22-12-19-18-11(23-12)17-7-13(14,15)16/h8-9H,3-7H2,1-2H3,(H,17,18). The highest BCUT2D eigenvalue weighted by Gasteiger charge is 2.28. The molecule has 0 radical (unpaired) electrons. The van der Waals surface area contributed by atoms with Crippen molar-refractivity contribution in [2.45, 2.75) is 42.5 Å². The molecule has 0 bridgehead atoms. The first-order valence-corrected chi connectivity index (χ1v) is 9.04. The first kappa shape index (κ1) is 18.3. The summed E-state index contributed by atoms with van der Waals surface area (Å²) >= 11 is 2.26. The van der Waals surface area contributed by atoms with Crippen LogP contribution in [-0.2, 0) is 4.79 Å². The lowest BCUT2D eigenvalue weighted by atomic mass is 9.99. The number of carbonyl (C=O) groups is 1. The van der Waals surface area contributed by atoms with Gasteiger partial charge in [-0.05, 0) is 25.7 Å². The van der Waals surface area contributed by atoms with E-state index in [1.807, 2.05) is 4.90 Å². The van der Waals surface area contributed by atoms with E-state index in [0.717, 1.165) is 37.3 Å². The molecule has 0 aliphatic carbocycles. The highest BCUT2D eigenvalue weighted by molar-refractivity contribution is 8.02. The van der Waals surface area contributed by atoms with Gasteiger partial charge in [0.05, 0.1) is 5.25 Å². The van der Waals surface area contributed by atoms with E-state index >= 15 is 0 Å². The number of alkyl halides is 3. The Hall–Kier alpha value is -1.03. The maximum atomic E-state index is 12.4. The number of rotatable bonds is 5. The summed E-state index contributed by atoms with van der Waals surface area (Å²) in [4.78, 5) is 14.2. The summed E-state index contributed by atoms with van der Waals surface area (Å²) < 4.78 is 36.9. The van der Waals surface area contributed by atoms with E-state index in [0.29, 0.717) is 10.3 Å². The summed E-state index contributed by atoms with van der Waals surface area (Å²) in [5, 5.41) is 9.46. The zero-order valence-corrected chi connectivity index (χ0v) is 14.5. The van der Waals surface area contributed by atoms with Crippen molar-refractivity contribution in [2.24, 2.45) is 5.92 Å². The topological polar surface area (TPSA) is 58.1 Å². The van der Waals surface area contributed by atoms with Crippen LogP contribution in [0.3, 0.4) is 0 Å². The summed E-state index contributed by atoms with van der Waals surface area (Å²) in [6.07, 6.45) is -2.28. The molecule has 130 valence electrons. The Kier molecular flexibility index (Phi) is 6.12. The summed E-state index contributed by atoms with van der Waals surface area (Å²) in [5.41, 5.74) is 0. The van der Waals surface area contributed by atoms with E-state index in [-0.39, 0.29) is 16.3 Å². The predicted molar refractivity (Wildman–Crippen MR) is 84.8 cm³/mol. The van der Waals surface area contributed by atoms with Crippen molar-refractivity contribution >= 4 is 34.1 Å². The quantitative estimate of drug-likeness (QED) is 0.809. The second kappa shape index (κ2) is 7.69. The van der Waals surface area contributed by atoms with E-state index in [2.05, 4.69) is 22.4 Å². The highest BCUT2D eigenvalue weighted by Crippen LogP contribution is 2.31. The number of carbonyl (C=O) groups excluding carboxylic acids is 1. The lowest BCUT2D eigenvalue weighted by molar-refractivity contribution is -0.131. The van der Waals surface area contributed by atoms with Crippen LogP contribution in [0.2, 0.25) is 0 Å². The van der Waals surface area contributed by atoms with Gasteiger partial charge in [0.1, 0.15) is 6.54 Å². The van der Waals surface area contributed by atoms with E-state index in [1.165, 1.54) is 11.8 Å². The molecule has 2 rings (SSSR count). The minimum Gasteiger partial charge on any atom is -0.351 e. The average Bonchev–Trinajstić information content (AvgIpc) is 2.92. The number of amides is 1. The molecule has 1 N–H and O–H groups in total. The SMILES string of the molecule is CC1CCN(C(=O)C(C)Sc2nnc(NCC(F)(F)F)s2)CC1. The van der Waals surface area contributed by atoms with Crippen LogP contribution in [0.5, 0.6) is 0 Å². The molecule has 1 amide bonds. The minimum atomic E-state index is -4.30. The Labute approximate surface area is 141 Å². The molecule has 1 aliphatic rings. The molecule has 0 saturated carbocycles. The van der Waals surface area contributed by atoms with Crippen molar-refractivity contribution in [2.75, 3.05) is 25.0 Å². The first-order valence-electron chi connectivity index (χ1n) is 7.34. The average molecular weight is 368 g/mol. The monoisotopic (exact) mass is 368 g/mol. The number of nitrogens with zero attached hydrogens (tertiary/aromatic N) is 3. The predicted octanol–water partition coefficient (Wildman–Crippen LogP) is 3.25. The minimum absolute atomic E-state index is 0.0434.